The Morgan fingerprint density at radius 1 is 1.27 bits per heavy atom. The highest BCUT2D eigenvalue weighted by Crippen LogP contribution is 2.15. The zero-order chi connectivity index (χ0) is 16.1. The van der Waals surface area contributed by atoms with Gasteiger partial charge in [0.1, 0.15) is 19.0 Å². The Morgan fingerprint density at radius 2 is 1.95 bits per heavy atom. The van der Waals surface area contributed by atoms with Crippen LogP contribution in [-0.4, -0.2) is 26.6 Å². The van der Waals surface area contributed by atoms with Crippen LogP contribution in [-0.2, 0) is 27.5 Å². The Hall–Kier alpha value is -2.96. The first-order valence-corrected chi connectivity index (χ1v) is 6.48. The third-order valence-corrected chi connectivity index (χ3v) is 2.87. The van der Waals surface area contributed by atoms with Crippen molar-refractivity contribution in [3.8, 4) is 11.4 Å². The number of hydrogen-bond acceptors (Lipinski definition) is 5. The van der Waals surface area contributed by atoms with E-state index in [0.29, 0.717) is 5.56 Å². The van der Waals surface area contributed by atoms with Gasteiger partial charge in [-0.1, -0.05) is 30.3 Å². The van der Waals surface area contributed by atoms with Crippen LogP contribution in [0.3, 0.4) is 0 Å². The molecule has 0 saturated heterocycles. The van der Waals surface area contributed by atoms with Gasteiger partial charge >= 0.3 is 11.9 Å². The average Bonchev–Trinajstić information content (AvgIpc) is 2.48. The van der Waals surface area contributed by atoms with Crippen LogP contribution in [0.25, 0.3) is 11.4 Å². The molecule has 2 aromatic rings. The van der Waals surface area contributed by atoms with Crippen molar-refractivity contribution in [2.75, 3.05) is 0 Å². The third-order valence-electron chi connectivity index (χ3n) is 2.87. The van der Waals surface area contributed by atoms with E-state index in [1.165, 1.54) is 13.1 Å². The van der Waals surface area contributed by atoms with Gasteiger partial charge in [-0.05, 0) is 0 Å². The Morgan fingerprint density at radius 3 is 2.55 bits per heavy atom. The summed E-state index contributed by atoms with van der Waals surface area (Å²) in [4.78, 5) is 38.4. The Balaban J connectivity index is 2.51. The Labute approximate surface area is 125 Å². The highest BCUT2D eigenvalue weighted by Gasteiger charge is 2.15. The molecule has 0 spiro atoms. The lowest BCUT2D eigenvalue weighted by molar-refractivity contribution is -0.142. The van der Waals surface area contributed by atoms with Crippen LogP contribution in [0.1, 0.15) is 12.5 Å². The van der Waals surface area contributed by atoms with Crippen LogP contribution in [0.4, 0.5) is 0 Å². The van der Waals surface area contributed by atoms with Gasteiger partial charge in [0.25, 0.3) is 5.56 Å². The molecule has 1 aromatic carbocycles. The predicted molar refractivity (Wildman–Crippen MR) is 77.0 cm³/mol. The van der Waals surface area contributed by atoms with E-state index in [1.807, 2.05) is 0 Å². The topological polar surface area (TPSA) is 98.5 Å². The molecule has 0 fully saturated rings. The molecule has 22 heavy (non-hydrogen) atoms. The number of rotatable bonds is 5. The summed E-state index contributed by atoms with van der Waals surface area (Å²) in [6.07, 6.45) is 1.30. The molecule has 0 aliphatic rings. The van der Waals surface area contributed by atoms with Crippen LogP contribution >= 0.6 is 0 Å². The first-order chi connectivity index (χ1) is 10.5. The predicted octanol–water partition coefficient (Wildman–Crippen LogP) is 1.06. The summed E-state index contributed by atoms with van der Waals surface area (Å²) in [7, 11) is 0. The number of ether oxygens (including phenoxy) is 1. The van der Waals surface area contributed by atoms with Crippen molar-refractivity contribution in [1.29, 1.82) is 0 Å². The Kier molecular flexibility index (Phi) is 4.67. The summed E-state index contributed by atoms with van der Waals surface area (Å²) in [6.45, 7) is 0.460. The molecule has 7 nitrogen and oxygen atoms in total. The Bertz CT molecular complexity index is 752. The first-order valence-electron chi connectivity index (χ1n) is 6.48. The van der Waals surface area contributed by atoms with Crippen molar-refractivity contribution in [2.24, 2.45) is 0 Å². The second-order valence-corrected chi connectivity index (χ2v) is 4.54. The van der Waals surface area contributed by atoms with Gasteiger partial charge in [0.2, 0.25) is 0 Å². The monoisotopic (exact) mass is 302 g/mol. The number of carbonyl (C=O) groups is 2. The summed E-state index contributed by atoms with van der Waals surface area (Å²) in [6, 6.07) is 8.79. The van der Waals surface area contributed by atoms with Gasteiger partial charge in [0.05, 0.1) is 5.56 Å². The summed E-state index contributed by atoms with van der Waals surface area (Å²) in [5.41, 5.74) is 0.202. The quantitative estimate of drug-likeness (QED) is 0.829. The van der Waals surface area contributed by atoms with Crippen LogP contribution in [0.2, 0.25) is 0 Å². The van der Waals surface area contributed by atoms with Crippen molar-refractivity contribution < 1.29 is 19.4 Å². The maximum atomic E-state index is 12.4. The summed E-state index contributed by atoms with van der Waals surface area (Å²) in [5.74, 6) is -1.44. The minimum Gasteiger partial charge on any atom is -0.480 e. The highest BCUT2D eigenvalue weighted by atomic mass is 16.5. The molecule has 0 atom stereocenters. The fourth-order valence-electron chi connectivity index (χ4n) is 1.91. The van der Waals surface area contributed by atoms with E-state index in [1.54, 1.807) is 30.3 Å². The molecule has 1 heterocycles. The van der Waals surface area contributed by atoms with Gasteiger partial charge in [-0.3, -0.25) is 19.0 Å². The van der Waals surface area contributed by atoms with Crippen LogP contribution in [0, 0.1) is 0 Å². The third kappa shape index (κ3) is 3.57. The average molecular weight is 302 g/mol. The maximum absolute atomic E-state index is 12.4. The molecule has 1 aromatic heterocycles. The number of aliphatic carboxylic acids is 1. The van der Waals surface area contributed by atoms with Crippen LogP contribution < -0.4 is 5.56 Å². The first kappa shape index (κ1) is 15.4. The van der Waals surface area contributed by atoms with Gasteiger partial charge in [-0.15, -0.1) is 0 Å². The molecule has 0 amide bonds. The standard InChI is InChI=1S/C15H14N2O5/c1-10(18)22-9-12-7-16-14(11-5-3-2-4-6-11)17(15(12)21)8-13(19)20/h2-7H,8-9H2,1H3,(H,19,20). The normalized spacial score (nSPS) is 10.2. The van der Waals surface area contributed by atoms with E-state index in [2.05, 4.69) is 4.98 Å². The van der Waals surface area contributed by atoms with Crippen LogP contribution in [0.15, 0.2) is 41.3 Å². The van der Waals surface area contributed by atoms with Gasteiger partial charge < -0.3 is 9.84 Å². The maximum Gasteiger partial charge on any atom is 0.323 e. The SMILES string of the molecule is CC(=O)OCc1cnc(-c2ccccc2)n(CC(=O)O)c1=O. The van der Waals surface area contributed by atoms with Crippen molar-refractivity contribution >= 4 is 11.9 Å². The molecule has 2 rings (SSSR count). The highest BCUT2D eigenvalue weighted by molar-refractivity contribution is 5.68. The summed E-state index contributed by atoms with van der Waals surface area (Å²) >= 11 is 0. The molecular formula is C15H14N2O5. The largest absolute Gasteiger partial charge is 0.480 e. The van der Waals surface area contributed by atoms with Crippen LogP contribution in [0.5, 0.6) is 0 Å². The molecular weight excluding hydrogens is 288 g/mol. The molecule has 0 aliphatic heterocycles. The molecule has 0 bridgehead atoms. The lowest BCUT2D eigenvalue weighted by atomic mass is 10.2. The smallest absolute Gasteiger partial charge is 0.323 e. The van der Waals surface area contributed by atoms with E-state index in [0.717, 1.165) is 4.57 Å². The lowest BCUT2D eigenvalue weighted by Gasteiger charge is -2.12. The summed E-state index contributed by atoms with van der Waals surface area (Å²) in [5, 5.41) is 9.00. The van der Waals surface area contributed by atoms with E-state index < -0.39 is 24.0 Å². The fourth-order valence-corrected chi connectivity index (χ4v) is 1.91. The van der Waals surface area contributed by atoms with Gasteiger partial charge in [0.15, 0.2) is 0 Å². The van der Waals surface area contributed by atoms with Gasteiger partial charge in [-0.2, -0.15) is 0 Å². The van der Waals surface area contributed by atoms with Crippen molar-refractivity contribution in [2.45, 2.75) is 20.1 Å². The number of benzene rings is 1. The zero-order valence-corrected chi connectivity index (χ0v) is 11.9. The van der Waals surface area contributed by atoms with E-state index in [-0.39, 0.29) is 18.0 Å². The number of carboxylic acid groups (broad SMARTS) is 1. The second kappa shape index (κ2) is 6.66. The van der Waals surface area contributed by atoms with E-state index >= 15 is 0 Å². The molecule has 1 N–H and O–H groups in total. The molecule has 114 valence electrons. The number of carboxylic acids is 1. The molecule has 0 radical (unpaired) electrons. The van der Waals surface area contributed by atoms with Crippen molar-refractivity contribution in [1.82, 2.24) is 9.55 Å². The number of esters is 1. The summed E-state index contributed by atoms with van der Waals surface area (Å²) < 4.78 is 5.83. The number of carbonyl (C=O) groups excluding carboxylic acids is 1. The minimum atomic E-state index is -1.16. The number of aromatic nitrogens is 2. The van der Waals surface area contributed by atoms with Crippen molar-refractivity contribution in [3.05, 3.63) is 52.4 Å². The second-order valence-electron chi connectivity index (χ2n) is 4.54. The molecule has 0 unspecified atom stereocenters. The molecule has 0 aliphatic carbocycles. The van der Waals surface area contributed by atoms with E-state index in [4.69, 9.17) is 9.84 Å². The number of nitrogens with zero attached hydrogens (tertiary/aromatic N) is 2. The molecule has 0 saturated carbocycles. The molecule has 7 heteroatoms. The number of hydrogen-bond donors (Lipinski definition) is 1. The van der Waals surface area contributed by atoms with Crippen molar-refractivity contribution in [3.63, 3.8) is 0 Å². The van der Waals surface area contributed by atoms with Gasteiger partial charge in [0, 0.05) is 18.7 Å². The fraction of sp³-hybridized carbons (Fsp3) is 0.200. The van der Waals surface area contributed by atoms with E-state index in [9.17, 15) is 14.4 Å². The minimum absolute atomic E-state index is 0.121. The van der Waals surface area contributed by atoms with Gasteiger partial charge in [-0.25, -0.2) is 4.98 Å². The lowest BCUT2D eigenvalue weighted by Crippen LogP contribution is -2.29. The zero-order valence-electron chi connectivity index (χ0n) is 11.9.